The molecular formula is C22H33N5O4S. The van der Waals surface area contributed by atoms with Gasteiger partial charge in [-0.05, 0) is 30.7 Å². The minimum absolute atomic E-state index is 0.0847. The number of hydrogen-bond acceptors (Lipinski definition) is 9. The van der Waals surface area contributed by atoms with Crippen LogP contribution < -0.4 is 15.5 Å². The zero-order chi connectivity index (χ0) is 22.7. The molecule has 4 N–H and O–H groups in total. The monoisotopic (exact) mass is 463 g/mol. The summed E-state index contributed by atoms with van der Waals surface area (Å²) in [5, 5.41) is 27.7. The summed E-state index contributed by atoms with van der Waals surface area (Å²) in [6.07, 6.45) is -1.70. The van der Waals surface area contributed by atoms with Crippen LogP contribution in [0.5, 0.6) is 0 Å². The van der Waals surface area contributed by atoms with Crippen molar-refractivity contribution in [3.8, 4) is 0 Å². The molecular weight excluding hydrogens is 430 g/mol. The van der Waals surface area contributed by atoms with Crippen LogP contribution in [0.1, 0.15) is 6.42 Å². The number of anilines is 2. The van der Waals surface area contributed by atoms with Gasteiger partial charge in [0.05, 0.1) is 31.3 Å². The van der Waals surface area contributed by atoms with Crippen molar-refractivity contribution in [3.05, 3.63) is 24.3 Å². The van der Waals surface area contributed by atoms with E-state index in [1.165, 1.54) is 11.8 Å². The Labute approximate surface area is 193 Å². The number of fused-ring (bicyclic) bond motifs is 1. The highest BCUT2D eigenvalue weighted by molar-refractivity contribution is 8.15. The molecule has 1 saturated carbocycles. The van der Waals surface area contributed by atoms with Gasteiger partial charge >= 0.3 is 0 Å². The Balaban J connectivity index is 1.36. The predicted octanol–water partition coefficient (Wildman–Crippen LogP) is 0.195. The van der Waals surface area contributed by atoms with Crippen molar-refractivity contribution in [2.45, 2.75) is 29.9 Å². The number of carbonyl (C=O) groups is 1. The fraction of sp³-hybridized carbons (Fsp3) is 0.636. The fourth-order valence-corrected chi connectivity index (χ4v) is 5.74. The van der Waals surface area contributed by atoms with Crippen LogP contribution in [-0.4, -0.2) is 103 Å². The number of nitrogens with zero attached hydrogens (tertiary/aromatic N) is 3. The van der Waals surface area contributed by atoms with E-state index in [2.05, 4.69) is 20.5 Å². The summed E-state index contributed by atoms with van der Waals surface area (Å²) in [7, 11) is 3.98. The van der Waals surface area contributed by atoms with Crippen LogP contribution >= 0.6 is 11.8 Å². The number of morpholine rings is 1. The lowest BCUT2D eigenvalue weighted by molar-refractivity contribution is -0.129. The molecule has 1 aromatic carbocycles. The Morgan fingerprint density at radius 3 is 2.66 bits per heavy atom. The maximum atomic E-state index is 13.0. The van der Waals surface area contributed by atoms with Crippen LogP contribution in [0.3, 0.4) is 0 Å². The molecule has 10 heteroatoms. The topological polar surface area (TPSA) is 110 Å². The average Bonchev–Trinajstić information content (AvgIpc) is 3.21. The molecule has 2 heterocycles. The number of thioether (sulfide) groups is 1. The third-order valence-corrected chi connectivity index (χ3v) is 7.60. The van der Waals surface area contributed by atoms with Crippen LogP contribution in [0.15, 0.2) is 29.3 Å². The highest BCUT2D eigenvalue weighted by atomic mass is 32.2. The Bertz CT molecular complexity index is 815. The minimum Gasteiger partial charge on any atom is -0.390 e. The zero-order valence-corrected chi connectivity index (χ0v) is 19.4. The van der Waals surface area contributed by atoms with Gasteiger partial charge in [0, 0.05) is 56.9 Å². The number of carbonyl (C=O) groups excluding carboxylic acids is 1. The number of ether oxygens (including phenoxy) is 1. The van der Waals surface area contributed by atoms with Gasteiger partial charge in [-0.15, -0.1) is 0 Å². The van der Waals surface area contributed by atoms with Crippen molar-refractivity contribution in [1.82, 2.24) is 10.2 Å². The number of nitrogens with one attached hydrogen (secondary N) is 2. The van der Waals surface area contributed by atoms with Gasteiger partial charge in [0.25, 0.3) is 0 Å². The maximum Gasteiger partial charge on any atom is 0.224 e. The molecule has 5 unspecified atom stereocenters. The summed E-state index contributed by atoms with van der Waals surface area (Å²) in [6.45, 7) is 4.55. The van der Waals surface area contributed by atoms with E-state index in [1.807, 2.05) is 43.3 Å². The van der Waals surface area contributed by atoms with Gasteiger partial charge < -0.3 is 30.5 Å². The van der Waals surface area contributed by atoms with E-state index in [0.717, 1.165) is 44.2 Å². The second-order valence-corrected chi connectivity index (χ2v) is 9.89. The van der Waals surface area contributed by atoms with Crippen LogP contribution in [0, 0.1) is 5.92 Å². The lowest BCUT2D eigenvalue weighted by Crippen LogP contribution is -2.54. The lowest BCUT2D eigenvalue weighted by Gasteiger charge is -2.37. The maximum absolute atomic E-state index is 13.0. The number of benzene rings is 1. The summed E-state index contributed by atoms with van der Waals surface area (Å²) in [5.74, 6) is -0.495. The van der Waals surface area contributed by atoms with Gasteiger partial charge in [-0.25, -0.2) is 0 Å². The first-order valence-corrected chi connectivity index (χ1v) is 12.0. The largest absolute Gasteiger partial charge is 0.390 e. The van der Waals surface area contributed by atoms with Crippen LogP contribution in [0.2, 0.25) is 0 Å². The molecule has 176 valence electrons. The van der Waals surface area contributed by atoms with Crippen LogP contribution in [-0.2, 0) is 9.53 Å². The van der Waals surface area contributed by atoms with E-state index in [-0.39, 0.29) is 17.6 Å². The molecule has 0 spiro atoms. The third-order valence-electron chi connectivity index (χ3n) is 6.29. The number of aliphatic imine (C=N–C) groups is 1. The van der Waals surface area contributed by atoms with Crippen LogP contribution in [0.25, 0.3) is 0 Å². The van der Waals surface area contributed by atoms with E-state index < -0.39 is 24.2 Å². The van der Waals surface area contributed by atoms with Gasteiger partial charge in [0.1, 0.15) is 6.10 Å². The summed E-state index contributed by atoms with van der Waals surface area (Å²) in [6, 6.07) is 7.46. The van der Waals surface area contributed by atoms with Gasteiger partial charge in [-0.3, -0.25) is 14.7 Å². The first kappa shape index (κ1) is 23.3. The van der Waals surface area contributed by atoms with E-state index in [4.69, 9.17) is 4.74 Å². The highest BCUT2D eigenvalue weighted by Gasteiger charge is 2.50. The summed E-state index contributed by atoms with van der Waals surface area (Å²) in [5.41, 5.74) is 1.99. The van der Waals surface area contributed by atoms with Crippen molar-refractivity contribution in [2.24, 2.45) is 10.9 Å². The van der Waals surface area contributed by atoms with Gasteiger partial charge in [-0.2, -0.15) is 0 Å². The Morgan fingerprint density at radius 1 is 1.25 bits per heavy atom. The summed E-state index contributed by atoms with van der Waals surface area (Å²) < 4.78 is 5.36. The van der Waals surface area contributed by atoms with Crippen LogP contribution in [0.4, 0.5) is 11.4 Å². The van der Waals surface area contributed by atoms with Crippen molar-refractivity contribution in [2.75, 3.05) is 63.7 Å². The molecule has 1 amide bonds. The normalized spacial score (nSPS) is 30.4. The first-order chi connectivity index (χ1) is 15.4. The summed E-state index contributed by atoms with van der Waals surface area (Å²) in [4.78, 5) is 21.9. The molecule has 0 aromatic heterocycles. The number of amidine groups is 1. The smallest absolute Gasteiger partial charge is 0.224 e. The molecule has 2 aliphatic heterocycles. The summed E-state index contributed by atoms with van der Waals surface area (Å²) >= 11 is 1.47. The van der Waals surface area contributed by atoms with E-state index in [0.29, 0.717) is 11.7 Å². The van der Waals surface area contributed by atoms with Crippen molar-refractivity contribution >= 4 is 34.2 Å². The van der Waals surface area contributed by atoms with Crippen molar-refractivity contribution < 1.29 is 19.7 Å². The molecule has 2 fully saturated rings. The second kappa shape index (κ2) is 10.4. The molecule has 3 aliphatic rings. The molecule has 5 atom stereocenters. The second-order valence-electron chi connectivity index (χ2n) is 8.72. The highest BCUT2D eigenvalue weighted by Crippen LogP contribution is 2.41. The number of aliphatic hydroxyl groups excluding tert-OH is 2. The fourth-order valence-electron chi connectivity index (χ4n) is 4.37. The third kappa shape index (κ3) is 5.37. The number of rotatable bonds is 6. The van der Waals surface area contributed by atoms with Gasteiger partial charge in [0.15, 0.2) is 5.17 Å². The van der Waals surface area contributed by atoms with E-state index in [1.54, 1.807) is 0 Å². The molecule has 4 rings (SSSR count). The zero-order valence-electron chi connectivity index (χ0n) is 18.6. The molecule has 9 nitrogen and oxygen atoms in total. The van der Waals surface area contributed by atoms with Crippen molar-refractivity contribution in [1.29, 1.82) is 0 Å². The van der Waals surface area contributed by atoms with E-state index >= 15 is 0 Å². The quantitative estimate of drug-likeness (QED) is 0.474. The lowest BCUT2D eigenvalue weighted by atomic mass is 9.81. The van der Waals surface area contributed by atoms with Gasteiger partial charge in [0.2, 0.25) is 5.91 Å². The molecule has 0 radical (unpaired) electrons. The number of aliphatic hydroxyl groups is 2. The van der Waals surface area contributed by atoms with Crippen molar-refractivity contribution in [3.63, 3.8) is 0 Å². The van der Waals surface area contributed by atoms with Gasteiger partial charge in [-0.1, -0.05) is 11.8 Å². The number of amides is 1. The predicted molar refractivity (Wildman–Crippen MR) is 127 cm³/mol. The molecule has 32 heavy (non-hydrogen) atoms. The first-order valence-electron chi connectivity index (χ1n) is 11.1. The Kier molecular flexibility index (Phi) is 7.57. The minimum atomic E-state index is -0.972. The number of hydrogen-bond donors (Lipinski definition) is 4. The Morgan fingerprint density at radius 2 is 1.97 bits per heavy atom. The van der Waals surface area contributed by atoms with E-state index in [9.17, 15) is 15.0 Å². The standard InChI is InChI=1S/C22H33N5O4S/c1-26(2)15-5-3-14(4-6-15)24-22-25-18-19(29)17(28)13-16(20(18)32-22)21(30)23-7-8-27-9-11-31-12-10-27/h3-6,16-20,28-29H,7-13H2,1-2H3,(H,23,30)(H,24,25). The average molecular weight is 464 g/mol. The Hall–Kier alpha value is -1.85. The molecule has 1 saturated heterocycles. The molecule has 0 bridgehead atoms. The molecule has 1 aliphatic carbocycles. The molecule has 1 aromatic rings. The SMILES string of the molecule is CN(C)c1ccc(NC2=NC3C(O)C(O)CC(C(=O)NCCN4CCOCC4)C3S2)cc1.